The first-order valence-corrected chi connectivity index (χ1v) is 7.77. The van der Waals surface area contributed by atoms with E-state index < -0.39 is 29.4 Å². The minimum atomic E-state index is -0.601. The van der Waals surface area contributed by atoms with Gasteiger partial charge in [0.15, 0.2) is 0 Å². The van der Waals surface area contributed by atoms with Gasteiger partial charge in [-0.05, 0) is 41.5 Å². The maximum absolute atomic E-state index is 12.3. The highest BCUT2D eigenvalue weighted by atomic mass is 16.6. The summed E-state index contributed by atoms with van der Waals surface area (Å²) in [7, 11) is 0. The Bertz CT molecular complexity index is 485. The van der Waals surface area contributed by atoms with E-state index in [1.54, 1.807) is 41.5 Å². The fourth-order valence-electron chi connectivity index (χ4n) is 2.19. The summed E-state index contributed by atoms with van der Waals surface area (Å²) >= 11 is 0. The van der Waals surface area contributed by atoms with Crippen molar-refractivity contribution in [1.29, 1.82) is 5.26 Å². The van der Waals surface area contributed by atoms with Gasteiger partial charge in [0.25, 0.3) is 0 Å². The zero-order valence-corrected chi connectivity index (χ0v) is 14.9. The number of hydrogen-bond donors (Lipinski definition) is 0. The van der Waals surface area contributed by atoms with Crippen molar-refractivity contribution in [2.24, 2.45) is 0 Å². The average molecular weight is 325 g/mol. The molecule has 1 rings (SSSR count). The third-order valence-electron chi connectivity index (χ3n) is 3.09. The summed E-state index contributed by atoms with van der Waals surface area (Å²) in [4.78, 5) is 27.5. The summed E-state index contributed by atoms with van der Waals surface area (Å²) in [6.07, 6.45) is -0.746. The van der Waals surface area contributed by atoms with Crippen molar-refractivity contribution < 1.29 is 19.1 Å². The Hall–Kier alpha value is -1.97. The highest BCUT2D eigenvalue weighted by Gasteiger charge is 2.36. The number of rotatable bonds is 1. The van der Waals surface area contributed by atoms with E-state index >= 15 is 0 Å². The second-order valence-electron chi connectivity index (χ2n) is 7.62. The van der Waals surface area contributed by atoms with E-state index in [1.165, 1.54) is 9.80 Å². The summed E-state index contributed by atoms with van der Waals surface area (Å²) < 4.78 is 10.7. The van der Waals surface area contributed by atoms with Gasteiger partial charge >= 0.3 is 12.2 Å². The van der Waals surface area contributed by atoms with Gasteiger partial charge in [-0.3, -0.25) is 0 Å². The Morgan fingerprint density at radius 1 is 1.04 bits per heavy atom. The lowest BCUT2D eigenvalue weighted by Crippen LogP contribution is -2.57. The van der Waals surface area contributed by atoms with Crippen LogP contribution in [0, 0.1) is 11.3 Å². The van der Waals surface area contributed by atoms with E-state index in [9.17, 15) is 9.59 Å². The van der Waals surface area contributed by atoms with Crippen LogP contribution in [0.2, 0.25) is 0 Å². The molecule has 0 radical (unpaired) electrons. The third kappa shape index (κ3) is 6.35. The predicted octanol–water partition coefficient (Wildman–Crippen LogP) is 2.76. The van der Waals surface area contributed by atoms with Crippen molar-refractivity contribution in [3.63, 3.8) is 0 Å². The molecule has 0 aromatic heterocycles. The molecule has 1 heterocycles. The molecule has 130 valence electrons. The van der Waals surface area contributed by atoms with E-state index in [0.717, 1.165) is 0 Å². The number of nitriles is 1. The largest absolute Gasteiger partial charge is 0.444 e. The smallest absolute Gasteiger partial charge is 0.410 e. The number of amides is 2. The van der Waals surface area contributed by atoms with E-state index in [4.69, 9.17) is 14.7 Å². The molecule has 0 aliphatic carbocycles. The van der Waals surface area contributed by atoms with Crippen LogP contribution in [0.15, 0.2) is 0 Å². The van der Waals surface area contributed by atoms with Crippen LogP contribution in [0.25, 0.3) is 0 Å². The standard InChI is InChI=1S/C16H27N3O4/c1-15(2,3)22-13(20)18-9-10-19(12(11-18)7-8-17)14(21)23-16(4,5)6/h12H,7,9-11H2,1-6H3/t12-/m0/s1. The number of carbonyl (C=O) groups is 2. The highest BCUT2D eigenvalue weighted by Crippen LogP contribution is 2.19. The van der Waals surface area contributed by atoms with Gasteiger partial charge in [-0.2, -0.15) is 5.26 Å². The fraction of sp³-hybridized carbons (Fsp3) is 0.812. The van der Waals surface area contributed by atoms with Crippen LogP contribution in [-0.4, -0.2) is 58.9 Å². The molecule has 2 amide bonds. The van der Waals surface area contributed by atoms with Crippen LogP contribution in [0.5, 0.6) is 0 Å². The van der Waals surface area contributed by atoms with E-state index in [1.807, 2.05) is 0 Å². The first-order valence-electron chi connectivity index (χ1n) is 7.77. The van der Waals surface area contributed by atoms with E-state index in [2.05, 4.69) is 6.07 Å². The Morgan fingerprint density at radius 3 is 2.04 bits per heavy atom. The third-order valence-corrected chi connectivity index (χ3v) is 3.09. The zero-order chi connectivity index (χ0) is 17.8. The van der Waals surface area contributed by atoms with Crippen molar-refractivity contribution in [1.82, 2.24) is 9.80 Å². The van der Waals surface area contributed by atoms with Crippen LogP contribution in [-0.2, 0) is 9.47 Å². The Labute approximate surface area is 138 Å². The second-order valence-corrected chi connectivity index (χ2v) is 7.62. The van der Waals surface area contributed by atoms with Gasteiger partial charge in [-0.15, -0.1) is 0 Å². The molecular formula is C16H27N3O4. The Morgan fingerprint density at radius 2 is 1.57 bits per heavy atom. The molecule has 7 heteroatoms. The monoisotopic (exact) mass is 325 g/mol. The highest BCUT2D eigenvalue weighted by molar-refractivity contribution is 5.71. The zero-order valence-electron chi connectivity index (χ0n) is 14.9. The lowest BCUT2D eigenvalue weighted by molar-refractivity contribution is -0.0140. The molecule has 0 spiro atoms. The molecule has 1 atom stereocenters. The molecule has 1 aliphatic rings. The molecule has 1 saturated heterocycles. The van der Waals surface area contributed by atoms with Crippen molar-refractivity contribution in [3.05, 3.63) is 0 Å². The summed E-state index contributed by atoms with van der Waals surface area (Å²) in [6.45, 7) is 11.7. The van der Waals surface area contributed by atoms with Crippen molar-refractivity contribution in [3.8, 4) is 6.07 Å². The summed E-state index contributed by atoms with van der Waals surface area (Å²) in [5, 5.41) is 9.00. The van der Waals surface area contributed by atoms with Gasteiger partial charge in [0.05, 0.1) is 18.5 Å². The molecule has 1 aliphatic heterocycles. The molecule has 1 fully saturated rings. The van der Waals surface area contributed by atoms with Crippen molar-refractivity contribution in [2.45, 2.75) is 65.2 Å². The van der Waals surface area contributed by atoms with Crippen LogP contribution < -0.4 is 0 Å². The topological polar surface area (TPSA) is 82.9 Å². The minimum Gasteiger partial charge on any atom is -0.444 e. The van der Waals surface area contributed by atoms with Crippen molar-refractivity contribution in [2.75, 3.05) is 19.6 Å². The van der Waals surface area contributed by atoms with Crippen LogP contribution in [0.4, 0.5) is 9.59 Å². The fourth-order valence-corrected chi connectivity index (χ4v) is 2.19. The second kappa shape index (κ2) is 7.07. The lowest BCUT2D eigenvalue weighted by Gasteiger charge is -2.41. The molecule has 0 aromatic carbocycles. The summed E-state index contributed by atoms with van der Waals surface area (Å²) in [5.74, 6) is 0. The van der Waals surface area contributed by atoms with E-state index in [-0.39, 0.29) is 13.0 Å². The Kier molecular flexibility index (Phi) is 5.86. The van der Waals surface area contributed by atoms with Gasteiger partial charge in [0.1, 0.15) is 11.2 Å². The normalized spacial score (nSPS) is 19.1. The molecule has 7 nitrogen and oxygen atoms in total. The van der Waals surface area contributed by atoms with E-state index in [0.29, 0.717) is 13.1 Å². The SMILES string of the molecule is CC(C)(C)OC(=O)N1CCN(C(=O)OC(C)(C)C)[C@@H](CC#N)C1. The first-order chi connectivity index (χ1) is 10.4. The predicted molar refractivity (Wildman–Crippen MR) is 84.8 cm³/mol. The number of piperazine rings is 1. The van der Waals surface area contributed by atoms with Crippen molar-refractivity contribution >= 4 is 12.2 Å². The molecule has 0 aromatic rings. The summed E-state index contributed by atoms with van der Waals surface area (Å²) in [6, 6.07) is 1.67. The molecule has 23 heavy (non-hydrogen) atoms. The van der Waals surface area contributed by atoms with Gasteiger partial charge in [0, 0.05) is 19.6 Å². The Balaban J connectivity index is 2.76. The van der Waals surface area contributed by atoms with Gasteiger partial charge in [-0.25, -0.2) is 9.59 Å². The van der Waals surface area contributed by atoms with Crippen LogP contribution >= 0.6 is 0 Å². The van der Waals surface area contributed by atoms with Gasteiger partial charge < -0.3 is 19.3 Å². The summed E-state index contributed by atoms with van der Waals surface area (Å²) in [5.41, 5.74) is -1.18. The van der Waals surface area contributed by atoms with Gasteiger partial charge in [-0.1, -0.05) is 0 Å². The maximum atomic E-state index is 12.3. The maximum Gasteiger partial charge on any atom is 0.410 e. The first kappa shape index (κ1) is 19.1. The molecular weight excluding hydrogens is 298 g/mol. The average Bonchev–Trinajstić information content (AvgIpc) is 2.34. The number of nitrogens with zero attached hydrogens (tertiary/aromatic N) is 3. The molecule has 0 bridgehead atoms. The number of ether oxygens (including phenoxy) is 2. The molecule has 0 unspecified atom stereocenters. The quantitative estimate of drug-likeness (QED) is 0.740. The van der Waals surface area contributed by atoms with Crippen LogP contribution in [0.1, 0.15) is 48.0 Å². The number of hydrogen-bond acceptors (Lipinski definition) is 5. The minimum absolute atomic E-state index is 0.137. The molecule has 0 saturated carbocycles. The molecule has 0 N–H and O–H groups in total. The lowest BCUT2D eigenvalue weighted by atomic mass is 10.1. The van der Waals surface area contributed by atoms with Gasteiger partial charge in [0.2, 0.25) is 0 Å². The number of carbonyl (C=O) groups excluding carboxylic acids is 2. The van der Waals surface area contributed by atoms with Crippen LogP contribution in [0.3, 0.4) is 0 Å².